The van der Waals surface area contributed by atoms with Crippen LogP contribution in [0.15, 0.2) is 73.3 Å². The van der Waals surface area contributed by atoms with Crippen molar-refractivity contribution in [2.75, 3.05) is 5.73 Å². The molecule has 0 aliphatic rings. The summed E-state index contributed by atoms with van der Waals surface area (Å²) in [4.78, 5) is 13.5. The standard InChI is InChI=1S/C25H22N4O2/c1-16(21-6-2-4-19(14-30)27-21)8-9-17-10-11-18-12-13-23(29-25(18)24(17)26)22-7-3-5-20(15-31)28-22/h2-13,30-31H,1,14-15,26H2/b9-8-. The van der Waals surface area contributed by atoms with E-state index >= 15 is 0 Å². The van der Waals surface area contributed by atoms with Crippen LogP contribution in [0.5, 0.6) is 0 Å². The van der Waals surface area contributed by atoms with Gasteiger partial charge in [-0.3, -0.25) is 4.98 Å². The summed E-state index contributed by atoms with van der Waals surface area (Å²) in [6.07, 6.45) is 3.72. The molecule has 31 heavy (non-hydrogen) atoms. The lowest BCUT2D eigenvalue weighted by atomic mass is 10.1. The number of hydrogen-bond donors (Lipinski definition) is 3. The number of allylic oxidation sites excluding steroid dienone is 2. The summed E-state index contributed by atoms with van der Waals surface area (Å²) in [6.45, 7) is 3.82. The van der Waals surface area contributed by atoms with Crippen LogP contribution in [0, 0.1) is 0 Å². The van der Waals surface area contributed by atoms with Crippen LogP contribution < -0.4 is 5.73 Å². The number of rotatable bonds is 6. The molecule has 0 amide bonds. The molecule has 0 aliphatic heterocycles. The molecule has 6 heteroatoms. The lowest BCUT2D eigenvalue weighted by Gasteiger charge is -2.08. The van der Waals surface area contributed by atoms with E-state index in [9.17, 15) is 10.2 Å². The molecule has 0 spiro atoms. The second kappa shape index (κ2) is 8.87. The molecule has 1 aromatic carbocycles. The van der Waals surface area contributed by atoms with Crippen molar-refractivity contribution in [3.8, 4) is 11.4 Å². The molecule has 0 aliphatic carbocycles. The number of aliphatic hydroxyl groups is 2. The van der Waals surface area contributed by atoms with Gasteiger partial charge in [-0.05, 0) is 41.5 Å². The van der Waals surface area contributed by atoms with E-state index < -0.39 is 0 Å². The quantitative estimate of drug-likeness (QED) is 0.328. The van der Waals surface area contributed by atoms with Crippen LogP contribution in [0.25, 0.3) is 33.9 Å². The third kappa shape index (κ3) is 4.35. The molecule has 0 radical (unpaired) electrons. The number of hydrogen-bond acceptors (Lipinski definition) is 6. The zero-order chi connectivity index (χ0) is 21.8. The number of aliphatic hydroxyl groups excluding tert-OH is 2. The Labute approximate surface area is 180 Å². The zero-order valence-electron chi connectivity index (χ0n) is 16.9. The van der Waals surface area contributed by atoms with Crippen molar-refractivity contribution in [2.24, 2.45) is 0 Å². The maximum Gasteiger partial charge on any atom is 0.0945 e. The first-order chi connectivity index (χ1) is 15.1. The second-order valence-corrected chi connectivity index (χ2v) is 7.04. The number of aromatic nitrogens is 3. The van der Waals surface area contributed by atoms with E-state index in [2.05, 4.69) is 16.5 Å². The van der Waals surface area contributed by atoms with Crippen LogP contribution in [0.1, 0.15) is 22.6 Å². The van der Waals surface area contributed by atoms with Crippen molar-refractivity contribution in [1.82, 2.24) is 15.0 Å². The summed E-state index contributed by atoms with van der Waals surface area (Å²) >= 11 is 0. The van der Waals surface area contributed by atoms with Crippen LogP contribution in [-0.2, 0) is 13.2 Å². The highest BCUT2D eigenvalue weighted by atomic mass is 16.3. The maximum absolute atomic E-state index is 9.34. The van der Waals surface area contributed by atoms with Gasteiger partial charge >= 0.3 is 0 Å². The van der Waals surface area contributed by atoms with Gasteiger partial charge in [0.05, 0.1) is 52.9 Å². The minimum atomic E-state index is -0.127. The third-order valence-electron chi connectivity index (χ3n) is 4.93. The van der Waals surface area contributed by atoms with Crippen LogP contribution in [0.2, 0.25) is 0 Å². The number of anilines is 1. The van der Waals surface area contributed by atoms with E-state index in [0.29, 0.717) is 45.2 Å². The van der Waals surface area contributed by atoms with Gasteiger partial charge in [-0.25, -0.2) is 9.97 Å². The number of nitrogen functional groups attached to an aromatic ring is 1. The largest absolute Gasteiger partial charge is 0.396 e. The minimum Gasteiger partial charge on any atom is -0.396 e. The van der Waals surface area contributed by atoms with Crippen LogP contribution >= 0.6 is 0 Å². The van der Waals surface area contributed by atoms with Crippen molar-refractivity contribution in [2.45, 2.75) is 13.2 Å². The van der Waals surface area contributed by atoms with Gasteiger partial charge in [0, 0.05) is 5.39 Å². The van der Waals surface area contributed by atoms with Crippen LogP contribution in [0.4, 0.5) is 5.69 Å². The summed E-state index contributed by atoms with van der Waals surface area (Å²) in [5.41, 5.74) is 12.4. The number of pyridine rings is 3. The Kier molecular flexibility index (Phi) is 5.84. The topological polar surface area (TPSA) is 105 Å². The molecule has 4 aromatic rings. The van der Waals surface area contributed by atoms with Crippen molar-refractivity contribution >= 4 is 28.2 Å². The average molecular weight is 410 g/mol. The number of nitrogens with two attached hydrogens (primary N) is 1. The highest BCUT2D eigenvalue weighted by Gasteiger charge is 2.09. The fourth-order valence-corrected chi connectivity index (χ4v) is 3.25. The molecular weight excluding hydrogens is 388 g/mol. The molecule has 154 valence electrons. The molecule has 3 aromatic heterocycles. The molecule has 0 fully saturated rings. The van der Waals surface area contributed by atoms with Gasteiger partial charge in [0.2, 0.25) is 0 Å². The zero-order valence-corrected chi connectivity index (χ0v) is 16.9. The highest BCUT2D eigenvalue weighted by molar-refractivity contribution is 5.95. The van der Waals surface area contributed by atoms with Gasteiger partial charge in [0.1, 0.15) is 0 Å². The first-order valence-corrected chi connectivity index (χ1v) is 9.79. The number of fused-ring (bicyclic) bond motifs is 1. The molecule has 4 N–H and O–H groups in total. The Morgan fingerprint density at radius 1 is 0.839 bits per heavy atom. The first-order valence-electron chi connectivity index (χ1n) is 9.79. The Bertz CT molecular complexity index is 1300. The Morgan fingerprint density at radius 3 is 2.29 bits per heavy atom. The van der Waals surface area contributed by atoms with E-state index in [1.807, 2.05) is 60.7 Å². The molecule has 4 rings (SSSR count). The Balaban J connectivity index is 1.68. The third-order valence-corrected chi connectivity index (χ3v) is 4.93. The van der Waals surface area contributed by atoms with Gasteiger partial charge < -0.3 is 15.9 Å². The van der Waals surface area contributed by atoms with Crippen molar-refractivity contribution in [3.63, 3.8) is 0 Å². The lowest BCUT2D eigenvalue weighted by Crippen LogP contribution is -1.97. The molecule has 0 saturated carbocycles. The van der Waals surface area contributed by atoms with E-state index in [1.54, 1.807) is 12.1 Å². The SMILES string of the molecule is C=C(/C=C\c1ccc2ccc(-c3cccc(CO)n3)nc2c1N)c1cccc(CO)n1. The van der Waals surface area contributed by atoms with Crippen molar-refractivity contribution < 1.29 is 10.2 Å². The lowest BCUT2D eigenvalue weighted by molar-refractivity contribution is 0.276. The van der Waals surface area contributed by atoms with Crippen LogP contribution in [-0.4, -0.2) is 25.2 Å². The fourth-order valence-electron chi connectivity index (χ4n) is 3.25. The molecule has 0 unspecified atom stereocenters. The van der Waals surface area contributed by atoms with Gasteiger partial charge in [-0.2, -0.15) is 0 Å². The number of nitrogens with zero attached hydrogens (tertiary/aromatic N) is 3. The second-order valence-electron chi connectivity index (χ2n) is 7.04. The summed E-state index contributed by atoms with van der Waals surface area (Å²) in [5.74, 6) is 0. The summed E-state index contributed by atoms with van der Waals surface area (Å²) in [7, 11) is 0. The molecule has 0 bridgehead atoms. The normalized spacial score (nSPS) is 11.3. The Morgan fingerprint density at radius 2 is 1.52 bits per heavy atom. The fraction of sp³-hybridized carbons (Fsp3) is 0.0800. The predicted molar refractivity (Wildman–Crippen MR) is 124 cm³/mol. The summed E-state index contributed by atoms with van der Waals surface area (Å²) in [5, 5.41) is 19.5. The van der Waals surface area contributed by atoms with E-state index in [1.165, 1.54) is 0 Å². The van der Waals surface area contributed by atoms with Gasteiger partial charge in [-0.1, -0.05) is 49.1 Å². The van der Waals surface area contributed by atoms with Gasteiger partial charge in [-0.15, -0.1) is 0 Å². The van der Waals surface area contributed by atoms with E-state index in [4.69, 9.17) is 10.7 Å². The highest BCUT2D eigenvalue weighted by Crippen LogP contribution is 2.28. The summed E-state index contributed by atoms with van der Waals surface area (Å²) < 4.78 is 0. The van der Waals surface area contributed by atoms with Gasteiger partial charge in [0.15, 0.2) is 0 Å². The molecular formula is C25H22N4O2. The minimum absolute atomic E-state index is 0.119. The van der Waals surface area contributed by atoms with Crippen molar-refractivity contribution in [1.29, 1.82) is 0 Å². The van der Waals surface area contributed by atoms with Crippen LogP contribution in [0.3, 0.4) is 0 Å². The number of benzene rings is 1. The molecule has 6 nitrogen and oxygen atoms in total. The van der Waals surface area contributed by atoms with Gasteiger partial charge in [0.25, 0.3) is 0 Å². The molecule has 3 heterocycles. The first kappa shape index (κ1) is 20.4. The monoisotopic (exact) mass is 410 g/mol. The Hall–Kier alpha value is -3.87. The average Bonchev–Trinajstić information content (AvgIpc) is 2.83. The predicted octanol–water partition coefficient (Wildman–Crippen LogP) is 3.99. The molecule has 0 saturated heterocycles. The maximum atomic E-state index is 9.34. The van der Waals surface area contributed by atoms with E-state index in [-0.39, 0.29) is 13.2 Å². The van der Waals surface area contributed by atoms with E-state index in [0.717, 1.165) is 10.9 Å². The molecule has 0 atom stereocenters. The smallest absolute Gasteiger partial charge is 0.0945 e. The summed E-state index contributed by atoms with van der Waals surface area (Å²) in [6, 6.07) is 18.6. The van der Waals surface area contributed by atoms with Crippen molar-refractivity contribution in [3.05, 3.63) is 96.0 Å².